The van der Waals surface area contributed by atoms with Gasteiger partial charge in [-0.3, -0.25) is 4.79 Å². The van der Waals surface area contributed by atoms with Crippen molar-refractivity contribution in [3.8, 4) is 5.75 Å². The predicted octanol–water partition coefficient (Wildman–Crippen LogP) is 2.91. The van der Waals surface area contributed by atoms with Gasteiger partial charge < -0.3 is 4.74 Å². The van der Waals surface area contributed by atoms with Crippen LogP contribution in [0.3, 0.4) is 0 Å². The third-order valence-electron chi connectivity index (χ3n) is 4.05. The van der Waals surface area contributed by atoms with Crippen LogP contribution < -0.4 is 21.0 Å². The number of carbonyl (C=O) groups excluding carboxylic acids is 1. The first-order chi connectivity index (χ1) is 12.7. The van der Waals surface area contributed by atoms with E-state index in [-0.39, 0.29) is 18.0 Å². The molecule has 1 amide bonds. The van der Waals surface area contributed by atoms with Crippen molar-refractivity contribution in [1.29, 1.82) is 0 Å². The van der Waals surface area contributed by atoms with E-state index in [0.717, 1.165) is 21.3 Å². The van der Waals surface area contributed by atoms with Gasteiger partial charge >= 0.3 is 0 Å². The van der Waals surface area contributed by atoms with Crippen LogP contribution in [-0.4, -0.2) is 24.8 Å². The van der Waals surface area contributed by atoms with E-state index in [0.29, 0.717) is 13.0 Å². The molecule has 1 aliphatic heterocycles. The van der Waals surface area contributed by atoms with Crippen molar-refractivity contribution in [3.63, 3.8) is 0 Å². The molecular formula is C19H21BrN4O2. The topological polar surface area (TPSA) is 74.8 Å². The van der Waals surface area contributed by atoms with Crippen molar-refractivity contribution in [2.24, 2.45) is 5.10 Å². The molecule has 2 aromatic carbocycles. The number of hydrogen-bond acceptors (Lipinski definition) is 5. The van der Waals surface area contributed by atoms with Crippen molar-refractivity contribution >= 4 is 28.1 Å². The molecule has 6 nitrogen and oxygen atoms in total. The molecule has 1 heterocycles. The highest BCUT2D eigenvalue weighted by Crippen LogP contribution is 2.25. The van der Waals surface area contributed by atoms with Crippen LogP contribution in [0, 0.1) is 0 Å². The minimum atomic E-state index is -0.349. The molecule has 0 aliphatic carbocycles. The van der Waals surface area contributed by atoms with Gasteiger partial charge in [0.2, 0.25) is 0 Å². The minimum absolute atomic E-state index is 0.0432. The number of hydrogen-bond donors (Lipinski definition) is 3. The van der Waals surface area contributed by atoms with Crippen LogP contribution in [0.2, 0.25) is 0 Å². The van der Waals surface area contributed by atoms with Gasteiger partial charge in [0.15, 0.2) is 0 Å². The number of hydrazine groups is 1. The summed E-state index contributed by atoms with van der Waals surface area (Å²) >= 11 is 3.38. The van der Waals surface area contributed by atoms with E-state index in [1.165, 1.54) is 0 Å². The van der Waals surface area contributed by atoms with Crippen LogP contribution in [-0.2, 0) is 4.79 Å². The maximum Gasteiger partial charge on any atom is 0.258 e. The number of ether oxygens (including phenoxy) is 1. The third kappa shape index (κ3) is 4.91. The first-order valence-corrected chi connectivity index (χ1v) is 9.27. The van der Waals surface area contributed by atoms with Crippen LogP contribution in [0.4, 0.5) is 0 Å². The molecule has 136 valence electrons. The predicted molar refractivity (Wildman–Crippen MR) is 105 cm³/mol. The Kier molecular flexibility index (Phi) is 6.38. The second kappa shape index (κ2) is 8.93. The van der Waals surface area contributed by atoms with Crippen molar-refractivity contribution in [3.05, 3.63) is 64.1 Å². The molecule has 0 saturated carbocycles. The first-order valence-electron chi connectivity index (χ1n) is 8.48. The molecule has 7 heteroatoms. The van der Waals surface area contributed by atoms with Gasteiger partial charge in [0.25, 0.3) is 5.91 Å². The van der Waals surface area contributed by atoms with E-state index < -0.39 is 0 Å². The van der Waals surface area contributed by atoms with Crippen molar-refractivity contribution < 1.29 is 9.53 Å². The third-order valence-corrected chi connectivity index (χ3v) is 4.58. The van der Waals surface area contributed by atoms with Gasteiger partial charge in [-0.2, -0.15) is 5.10 Å². The lowest BCUT2D eigenvalue weighted by molar-refractivity contribution is -0.122. The number of carbonyl (C=O) groups is 1. The summed E-state index contributed by atoms with van der Waals surface area (Å²) in [5.41, 5.74) is 10.8. The number of nitrogens with zero attached hydrogens (tertiary/aromatic N) is 1. The molecule has 1 fully saturated rings. The normalized spacial score (nSPS) is 19.6. The summed E-state index contributed by atoms with van der Waals surface area (Å²) in [6.07, 6.45) is 2.25. The molecule has 3 N–H and O–H groups in total. The molecule has 26 heavy (non-hydrogen) atoms. The Morgan fingerprint density at radius 1 is 1.31 bits per heavy atom. The van der Waals surface area contributed by atoms with E-state index >= 15 is 0 Å². The average Bonchev–Trinajstić information content (AvgIpc) is 3.14. The fourth-order valence-corrected chi connectivity index (χ4v) is 3.00. The van der Waals surface area contributed by atoms with E-state index in [9.17, 15) is 4.79 Å². The van der Waals surface area contributed by atoms with Gasteiger partial charge in [-0.15, -0.1) is 0 Å². The first kappa shape index (κ1) is 18.6. The smallest absolute Gasteiger partial charge is 0.258 e. The van der Waals surface area contributed by atoms with Crippen molar-refractivity contribution in [2.75, 3.05) is 6.61 Å². The number of hydrazone groups is 1. The van der Waals surface area contributed by atoms with Gasteiger partial charge in [-0.25, -0.2) is 16.3 Å². The Morgan fingerprint density at radius 3 is 2.88 bits per heavy atom. The summed E-state index contributed by atoms with van der Waals surface area (Å²) in [5, 5.41) is 4.02. The summed E-state index contributed by atoms with van der Waals surface area (Å²) in [5.74, 6) is 0.660. The summed E-state index contributed by atoms with van der Waals surface area (Å²) in [4.78, 5) is 12.3. The van der Waals surface area contributed by atoms with Crippen molar-refractivity contribution in [2.45, 2.75) is 25.4 Å². The second-order valence-corrected chi connectivity index (χ2v) is 6.84. The fourth-order valence-electron chi connectivity index (χ4n) is 2.73. The Bertz CT molecular complexity index is 779. The van der Waals surface area contributed by atoms with E-state index in [1.807, 2.05) is 55.5 Å². The largest absolute Gasteiger partial charge is 0.494 e. The number of benzene rings is 2. The SMILES string of the molecule is CCOc1cccc(C2CC(C(=O)N/N=C/c3ccc(Br)cc3)NN2)c1. The number of amides is 1. The van der Waals surface area contributed by atoms with E-state index in [1.54, 1.807) is 6.21 Å². The zero-order chi connectivity index (χ0) is 18.4. The maximum atomic E-state index is 12.3. The Hall–Kier alpha value is -2.22. The zero-order valence-corrected chi connectivity index (χ0v) is 16.0. The molecule has 3 rings (SSSR count). The van der Waals surface area contributed by atoms with Gasteiger partial charge in [0.1, 0.15) is 11.8 Å². The highest BCUT2D eigenvalue weighted by molar-refractivity contribution is 9.10. The lowest BCUT2D eigenvalue weighted by Gasteiger charge is -2.11. The lowest BCUT2D eigenvalue weighted by atomic mass is 10.0. The van der Waals surface area contributed by atoms with Crippen LogP contribution >= 0.6 is 15.9 Å². The summed E-state index contributed by atoms with van der Waals surface area (Å²) in [6.45, 7) is 2.58. The highest BCUT2D eigenvalue weighted by Gasteiger charge is 2.30. The number of halogens is 1. The highest BCUT2D eigenvalue weighted by atomic mass is 79.9. The molecule has 1 saturated heterocycles. The molecule has 0 spiro atoms. The second-order valence-electron chi connectivity index (χ2n) is 5.92. The molecule has 0 aromatic heterocycles. The molecule has 0 radical (unpaired) electrons. The standard InChI is InChI=1S/C19H21BrN4O2/c1-2-26-16-5-3-4-14(10-16)17-11-18(23-22-17)19(25)24-21-12-13-6-8-15(20)9-7-13/h3-10,12,17-18,22-23H,2,11H2,1H3,(H,24,25)/b21-12+. The number of nitrogens with one attached hydrogen (secondary N) is 3. The Labute approximate surface area is 161 Å². The summed E-state index contributed by atoms with van der Waals surface area (Å²) in [7, 11) is 0. The van der Waals surface area contributed by atoms with Crippen LogP contribution in [0.5, 0.6) is 5.75 Å². The fraction of sp³-hybridized carbons (Fsp3) is 0.263. The van der Waals surface area contributed by atoms with E-state index in [4.69, 9.17) is 4.74 Å². The summed E-state index contributed by atoms with van der Waals surface area (Å²) < 4.78 is 6.53. The lowest BCUT2D eigenvalue weighted by Crippen LogP contribution is -2.41. The zero-order valence-electron chi connectivity index (χ0n) is 14.4. The molecule has 2 aromatic rings. The molecule has 1 aliphatic rings. The van der Waals surface area contributed by atoms with Crippen LogP contribution in [0.1, 0.15) is 30.5 Å². The van der Waals surface area contributed by atoms with Crippen LogP contribution in [0.25, 0.3) is 0 Å². The Balaban J connectivity index is 1.54. The minimum Gasteiger partial charge on any atom is -0.494 e. The van der Waals surface area contributed by atoms with Crippen LogP contribution in [0.15, 0.2) is 58.1 Å². The quantitative estimate of drug-likeness (QED) is 0.499. The molecule has 2 atom stereocenters. The van der Waals surface area contributed by atoms with Gasteiger partial charge in [0.05, 0.1) is 12.8 Å². The molecular weight excluding hydrogens is 396 g/mol. The van der Waals surface area contributed by atoms with E-state index in [2.05, 4.69) is 37.3 Å². The van der Waals surface area contributed by atoms with Gasteiger partial charge in [-0.1, -0.05) is 40.2 Å². The monoisotopic (exact) mass is 416 g/mol. The maximum absolute atomic E-state index is 12.3. The summed E-state index contributed by atoms with van der Waals surface area (Å²) in [6, 6.07) is 15.3. The molecule has 2 unspecified atom stereocenters. The van der Waals surface area contributed by atoms with Gasteiger partial charge in [-0.05, 0) is 48.7 Å². The Morgan fingerprint density at radius 2 is 2.12 bits per heavy atom. The molecule has 0 bridgehead atoms. The average molecular weight is 417 g/mol. The number of rotatable bonds is 6. The van der Waals surface area contributed by atoms with Crippen molar-refractivity contribution in [1.82, 2.24) is 16.3 Å². The van der Waals surface area contributed by atoms with Gasteiger partial charge in [0, 0.05) is 10.5 Å².